The number of aromatic nitrogens is 2. The summed E-state index contributed by atoms with van der Waals surface area (Å²) in [5, 5.41) is 8.82. The third kappa shape index (κ3) is 2.29. The number of carboxylic acids is 1. The molecule has 0 aliphatic rings. The normalized spacial score (nSPS) is 10.4. The highest BCUT2D eigenvalue weighted by Gasteiger charge is 2.11. The number of pyridine rings is 2. The summed E-state index contributed by atoms with van der Waals surface area (Å²) in [6.07, 6.45) is 5.15. The highest BCUT2D eigenvalue weighted by Crippen LogP contribution is 2.23. The van der Waals surface area contributed by atoms with Gasteiger partial charge in [0.25, 0.3) is 0 Å². The van der Waals surface area contributed by atoms with E-state index in [4.69, 9.17) is 9.52 Å². The SMILES string of the molecule is O=C(O)c1ccc(-c2ccc(-c3ccncc3)cn2)o1. The molecule has 0 bridgehead atoms. The van der Waals surface area contributed by atoms with Gasteiger partial charge in [-0.1, -0.05) is 6.07 Å². The summed E-state index contributed by atoms with van der Waals surface area (Å²) in [6, 6.07) is 10.5. The first-order chi connectivity index (χ1) is 9.74. The van der Waals surface area contributed by atoms with Crippen LogP contribution in [0.4, 0.5) is 0 Å². The summed E-state index contributed by atoms with van der Waals surface area (Å²) in [6.45, 7) is 0. The van der Waals surface area contributed by atoms with Crippen molar-refractivity contribution in [1.82, 2.24) is 9.97 Å². The van der Waals surface area contributed by atoms with Crippen molar-refractivity contribution in [3.63, 3.8) is 0 Å². The standard InChI is InChI=1S/C15H10N2O3/c18-15(19)14-4-3-13(20-14)12-2-1-11(9-17-12)10-5-7-16-8-6-10/h1-9H,(H,18,19). The van der Waals surface area contributed by atoms with Crippen LogP contribution < -0.4 is 0 Å². The van der Waals surface area contributed by atoms with Crippen LogP contribution in [0.1, 0.15) is 10.6 Å². The zero-order chi connectivity index (χ0) is 13.9. The molecule has 0 saturated heterocycles. The van der Waals surface area contributed by atoms with Crippen molar-refractivity contribution in [3.05, 3.63) is 60.7 Å². The molecular formula is C15H10N2O3. The van der Waals surface area contributed by atoms with Crippen molar-refractivity contribution in [2.75, 3.05) is 0 Å². The summed E-state index contributed by atoms with van der Waals surface area (Å²) in [4.78, 5) is 19.0. The van der Waals surface area contributed by atoms with Crippen LogP contribution in [0.3, 0.4) is 0 Å². The first-order valence-corrected chi connectivity index (χ1v) is 5.94. The Morgan fingerprint density at radius 1 is 1.00 bits per heavy atom. The molecule has 0 aromatic carbocycles. The number of furan rings is 1. The Balaban J connectivity index is 1.91. The lowest BCUT2D eigenvalue weighted by Crippen LogP contribution is -1.91. The lowest BCUT2D eigenvalue weighted by molar-refractivity contribution is 0.0663. The number of carboxylic acid groups (broad SMARTS) is 1. The van der Waals surface area contributed by atoms with Crippen LogP contribution >= 0.6 is 0 Å². The first-order valence-electron chi connectivity index (χ1n) is 5.94. The lowest BCUT2D eigenvalue weighted by atomic mass is 10.1. The maximum Gasteiger partial charge on any atom is 0.371 e. The fourth-order valence-electron chi connectivity index (χ4n) is 1.85. The van der Waals surface area contributed by atoms with Gasteiger partial charge < -0.3 is 9.52 Å². The third-order valence-corrected chi connectivity index (χ3v) is 2.85. The van der Waals surface area contributed by atoms with Crippen LogP contribution in [-0.4, -0.2) is 21.0 Å². The molecule has 1 N–H and O–H groups in total. The van der Waals surface area contributed by atoms with Crippen LogP contribution in [0.15, 0.2) is 59.4 Å². The number of hydrogen-bond donors (Lipinski definition) is 1. The molecule has 0 radical (unpaired) electrons. The summed E-state index contributed by atoms with van der Waals surface area (Å²) >= 11 is 0. The van der Waals surface area contributed by atoms with E-state index in [0.717, 1.165) is 11.1 Å². The van der Waals surface area contributed by atoms with Crippen LogP contribution in [0.25, 0.3) is 22.6 Å². The second-order valence-electron chi connectivity index (χ2n) is 4.14. The van der Waals surface area contributed by atoms with Gasteiger partial charge >= 0.3 is 5.97 Å². The minimum absolute atomic E-state index is 0.0972. The molecule has 0 unspecified atom stereocenters. The van der Waals surface area contributed by atoms with Gasteiger partial charge in [0.05, 0.1) is 0 Å². The average Bonchev–Trinajstić information content (AvgIpc) is 2.98. The van der Waals surface area contributed by atoms with E-state index < -0.39 is 5.97 Å². The van der Waals surface area contributed by atoms with E-state index in [1.807, 2.05) is 18.2 Å². The van der Waals surface area contributed by atoms with Crippen molar-refractivity contribution in [2.24, 2.45) is 0 Å². The first kappa shape index (κ1) is 12.1. The molecule has 3 aromatic heterocycles. The van der Waals surface area contributed by atoms with Gasteiger partial charge in [-0.3, -0.25) is 9.97 Å². The summed E-state index contributed by atoms with van der Waals surface area (Å²) < 4.78 is 5.20. The van der Waals surface area contributed by atoms with E-state index in [1.54, 1.807) is 30.7 Å². The smallest absolute Gasteiger partial charge is 0.371 e. The van der Waals surface area contributed by atoms with E-state index in [-0.39, 0.29) is 5.76 Å². The van der Waals surface area contributed by atoms with Crippen molar-refractivity contribution in [1.29, 1.82) is 0 Å². The Bertz CT molecular complexity index is 733. The number of rotatable bonds is 3. The molecule has 0 atom stereocenters. The maximum atomic E-state index is 10.8. The summed E-state index contributed by atoms with van der Waals surface area (Å²) in [5.74, 6) is -0.756. The monoisotopic (exact) mass is 266 g/mol. The molecule has 0 saturated carbocycles. The van der Waals surface area contributed by atoms with Crippen LogP contribution in [0.2, 0.25) is 0 Å². The molecule has 0 aliphatic heterocycles. The largest absolute Gasteiger partial charge is 0.475 e. The van der Waals surface area contributed by atoms with E-state index in [9.17, 15) is 4.79 Å². The van der Waals surface area contributed by atoms with Gasteiger partial charge in [0.15, 0.2) is 5.76 Å². The fourth-order valence-corrected chi connectivity index (χ4v) is 1.85. The van der Waals surface area contributed by atoms with Crippen LogP contribution in [-0.2, 0) is 0 Å². The van der Waals surface area contributed by atoms with Crippen molar-refractivity contribution >= 4 is 5.97 Å². The second kappa shape index (κ2) is 4.97. The zero-order valence-electron chi connectivity index (χ0n) is 10.4. The molecule has 0 fully saturated rings. The van der Waals surface area contributed by atoms with Gasteiger partial charge in [-0.15, -0.1) is 0 Å². The molecule has 3 aromatic rings. The number of carbonyl (C=O) groups is 1. The van der Waals surface area contributed by atoms with Crippen molar-refractivity contribution in [2.45, 2.75) is 0 Å². The molecule has 0 aliphatic carbocycles. The Kier molecular flexibility index (Phi) is 3.01. The topological polar surface area (TPSA) is 76.2 Å². The molecule has 5 nitrogen and oxygen atoms in total. The summed E-state index contributed by atoms with van der Waals surface area (Å²) in [7, 11) is 0. The predicted octanol–water partition coefficient (Wildman–Crippen LogP) is 3.10. The predicted molar refractivity (Wildman–Crippen MR) is 72.1 cm³/mol. The third-order valence-electron chi connectivity index (χ3n) is 2.85. The molecule has 98 valence electrons. The number of nitrogens with zero attached hydrogens (tertiary/aromatic N) is 2. The lowest BCUT2D eigenvalue weighted by Gasteiger charge is -2.01. The van der Waals surface area contributed by atoms with E-state index in [1.165, 1.54) is 6.07 Å². The quantitative estimate of drug-likeness (QED) is 0.788. The van der Waals surface area contributed by atoms with E-state index in [0.29, 0.717) is 11.5 Å². The van der Waals surface area contributed by atoms with Gasteiger partial charge in [-0.25, -0.2) is 4.79 Å². The fraction of sp³-hybridized carbons (Fsp3) is 0. The van der Waals surface area contributed by atoms with Gasteiger partial charge in [0, 0.05) is 24.2 Å². The molecular weight excluding hydrogens is 256 g/mol. The molecule has 0 spiro atoms. The molecule has 3 rings (SSSR count). The van der Waals surface area contributed by atoms with Crippen molar-refractivity contribution in [3.8, 4) is 22.6 Å². The highest BCUT2D eigenvalue weighted by molar-refractivity contribution is 5.85. The Labute approximate surface area is 114 Å². The zero-order valence-corrected chi connectivity index (χ0v) is 10.4. The van der Waals surface area contributed by atoms with Gasteiger partial charge in [-0.2, -0.15) is 0 Å². The van der Waals surface area contributed by atoms with Gasteiger partial charge in [0.2, 0.25) is 5.76 Å². The number of aromatic carboxylic acids is 1. The van der Waals surface area contributed by atoms with E-state index in [2.05, 4.69) is 9.97 Å². The minimum Gasteiger partial charge on any atom is -0.475 e. The Morgan fingerprint density at radius 2 is 1.80 bits per heavy atom. The van der Waals surface area contributed by atoms with E-state index >= 15 is 0 Å². The van der Waals surface area contributed by atoms with Crippen LogP contribution in [0, 0.1) is 0 Å². The molecule has 20 heavy (non-hydrogen) atoms. The van der Waals surface area contributed by atoms with Crippen molar-refractivity contribution < 1.29 is 14.3 Å². The molecule has 5 heteroatoms. The van der Waals surface area contributed by atoms with Gasteiger partial charge in [0.1, 0.15) is 5.69 Å². The average molecular weight is 266 g/mol. The molecule has 3 heterocycles. The minimum atomic E-state index is -1.09. The number of hydrogen-bond acceptors (Lipinski definition) is 4. The van der Waals surface area contributed by atoms with Crippen LogP contribution in [0.5, 0.6) is 0 Å². The summed E-state index contributed by atoms with van der Waals surface area (Å²) in [5.41, 5.74) is 2.57. The Hall–Kier alpha value is -2.95. The van der Waals surface area contributed by atoms with Gasteiger partial charge in [-0.05, 0) is 35.9 Å². The Morgan fingerprint density at radius 3 is 2.40 bits per heavy atom. The highest BCUT2D eigenvalue weighted by atomic mass is 16.4. The maximum absolute atomic E-state index is 10.8. The molecule has 0 amide bonds. The second-order valence-corrected chi connectivity index (χ2v) is 4.14.